The van der Waals surface area contributed by atoms with E-state index >= 15 is 0 Å². The highest BCUT2D eigenvalue weighted by Gasteiger charge is 2.14. The number of aromatic hydroxyl groups is 1. The fourth-order valence-corrected chi connectivity index (χ4v) is 2.52. The quantitative estimate of drug-likeness (QED) is 0.894. The molecule has 0 bridgehead atoms. The molecule has 0 unspecified atom stereocenters. The van der Waals surface area contributed by atoms with Gasteiger partial charge < -0.3 is 10.0 Å². The van der Waals surface area contributed by atoms with Crippen LogP contribution >= 0.6 is 27.5 Å². The monoisotopic (exact) mass is 339 g/mol. The van der Waals surface area contributed by atoms with Crippen molar-refractivity contribution >= 4 is 39.1 Å². The first-order valence-electron chi connectivity index (χ1n) is 5.50. The van der Waals surface area contributed by atoms with Crippen molar-refractivity contribution in [3.05, 3.63) is 57.5 Å². The van der Waals surface area contributed by atoms with Crippen LogP contribution in [0.15, 0.2) is 46.9 Å². The van der Waals surface area contributed by atoms with Gasteiger partial charge in [0.1, 0.15) is 5.75 Å². The SMILES string of the molecule is CN(C(=O)c1cc(Cl)cc(Br)c1)c1ccc(O)cc1. The first-order chi connectivity index (χ1) is 8.97. The molecule has 1 N–H and O–H groups in total. The van der Waals surface area contributed by atoms with E-state index in [1.807, 2.05) is 0 Å². The summed E-state index contributed by atoms with van der Waals surface area (Å²) in [6, 6.07) is 11.5. The minimum Gasteiger partial charge on any atom is -0.508 e. The van der Waals surface area contributed by atoms with Gasteiger partial charge in [-0.05, 0) is 42.5 Å². The third-order valence-electron chi connectivity index (χ3n) is 2.65. The number of amides is 1. The summed E-state index contributed by atoms with van der Waals surface area (Å²) in [5.41, 5.74) is 1.19. The van der Waals surface area contributed by atoms with E-state index in [9.17, 15) is 9.90 Å². The van der Waals surface area contributed by atoms with Gasteiger partial charge in [-0.3, -0.25) is 4.79 Å². The van der Waals surface area contributed by atoms with E-state index in [2.05, 4.69) is 15.9 Å². The smallest absolute Gasteiger partial charge is 0.258 e. The molecule has 0 heterocycles. The van der Waals surface area contributed by atoms with Crippen LogP contribution in [0.2, 0.25) is 5.02 Å². The highest BCUT2D eigenvalue weighted by atomic mass is 79.9. The second kappa shape index (κ2) is 5.63. The molecular formula is C14H11BrClNO2. The molecule has 2 rings (SSSR count). The van der Waals surface area contributed by atoms with Crippen molar-refractivity contribution in [1.29, 1.82) is 0 Å². The molecule has 5 heteroatoms. The number of benzene rings is 2. The lowest BCUT2D eigenvalue weighted by Crippen LogP contribution is -2.26. The summed E-state index contributed by atoms with van der Waals surface area (Å²) in [7, 11) is 1.67. The highest BCUT2D eigenvalue weighted by molar-refractivity contribution is 9.10. The maximum absolute atomic E-state index is 12.3. The normalized spacial score (nSPS) is 10.3. The molecule has 3 nitrogen and oxygen atoms in total. The third kappa shape index (κ3) is 3.28. The zero-order valence-electron chi connectivity index (χ0n) is 10.1. The number of anilines is 1. The maximum Gasteiger partial charge on any atom is 0.258 e. The van der Waals surface area contributed by atoms with Crippen molar-refractivity contribution in [1.82, 2.24) is 0 Å². The number of phenols is 1. The van der Waals surface area contributed by atoms with Gasteiger partial charge in [-0.15, -0.1) is 0 Å². The van der Waals surface area contributed by atoms with Gasteiger partial charge in [-0.25, -0.2) is 0 Å². The number of carbonyl (C=O) groups excluding carboxylic acids is 1. The molecule has 0 aromatic heterocycles. The molecule has 2 aromatic carbocycles. The summed E-state index contributed by atoms with van der Waals surface area (Å²) in [6.07, 6.45) is 0. The fraction of sp³-hybridized carbons (Fsp3) is 0.0714. The Morgan fingerprint density at radius 1 is 1.21 bits per heavy atom. The van der Waals surface area contributed by atoms with Crippen LogP contribution in [0.4, 0.5) is 5.69 Å². The highest BCUT2D eigenvalue weighted by Crippen LogP contribution is 2.23. The third-order valence-corrected chi connectivity index (χ3v) is 3.33. The average molecular weight is 341 g/mol. The summed E-state index contributed by atoms with van der Waals surface area (Å²) in [4.78, 5) is 13.8. The average Bonchev–Trinajstić information content (AvgIpc) is 2.37. The lowest BCUT2D eigenvalue weighted by molar-refractivity contribution is 0.0993. The van der Waals surface area contributed by atoms with E-state index in [0.29, 0.717) is 16.3 Å². The number of carbonyl (C=O) groups is 1. The summed E-state index contributed by atoms with van der Waals surface area (Å²) < 4.78 is 0.752. The van der Waals surface area contributed by atoms with E-state index in [1.54, 1.807) is 37.4 Å². The predicted octanol–water partition coefficient (Wildman–Crippen LogP) is 4.08. The second-order valence-electron chi connectivity index (χ2n) is 4.04. The predicted molar refractivity (Wildman–Crippen MR) is 80.0 cm³/mol. The lowest BCUT2D eigenvalue weighted by Gasteiger charge is -2.17. The summed E-state index contributed by atoms with van der Waals surface area (Å²) in [6.45, 7) is 0. The van der Waals surface area contributed by atoms with Gasteiger partial charge in [0.05, 0.1) is 0 Å². The zero-order chi connectivity index (χ0) is 14.0. The zero-order valence-corrected chi connectivity index (χ0v) is 12.4. The number of halogens is 2. The Bertz CT molecular complexity index is 593. The van der Waals surface area contributed by atoms with E-state index in [-0.39, 0.29) is 11.7 Å². The van der Waals surface area contributed by atoms with Crippen LogP contribution in [0.3, 0.4) is 0 Å². The van der Waals surface area contributed by atoms with Crippen LogP contribution in [0.5, 0.6) is 5.75 Å². The van der Waals surface area contributed by atoms with Gasteiger partial charge in [-0.1, -0.05) is 27.5 Å². The van der Waals surface area contributed by atoms with Crippen molar-refractivity contribution in [2.75, 3.05) is 11.9 Å². The van der Waals surface area contributed by atoms with Gasteiger partial charge in [0.15, 0.2) is 0 Å². The lowest BCUT2D eigenvalue weighted by atomic mass is 10.2. The topological polar surface area (TPSA) is 40.5 Å². The van der Waals surface area contributed by atoms with Crippen LogP contribution in [-0.2, 0) is 0 Å². The molecule has 0 aliphatic rings. The van der Waals surface area contributed by atoms with Gasteiger partial charge in [0.25, 0.3) is 5.91 Å². The van der Waals surface area contributed by atoms with Crippen LogP contribution in [0.25, 0.3) is 0 Å². The number of rotatable bonds is 2. The maximum atomic E-state index is 12.3. The van der Waals surface area contributed by atoms with E-state index in [1.165, 1.54) is 17.0 Å². The van der Waals surface area contributed by atoms with E-state index in [4.69, 9.17) is 11.6 Å². The Labute approximate surface area is 124 Å². The Morgan fingerprint density at radius 2 is 1.84 bits per heavy atom. The molecule has 0 saturated heterocycles. The van der Waals surface area contributed by atoms with E-state index < -0.39 is 0 Å². The molecular weight excluding hydrogens is 330 g/mol. The van der Waals surface area contributed by atoms with Gasteiger partial charge in [-0.2, -0.15) is 0 Å². The largest absolute Gasteiger partial charge is 0.508 e. The van der Waals surface area contributed by atoms with E-state index in [0.717, 1.165) is 4.47 Å². The van der Waals surface area contributed by atoms with Crippen LogP contribution in [0, 0.1) is 0 Å². The molecule has 0 radical (unpaired) electrons. The minimum atomic E-state index is -0.172. The van der Waals surface area contributed by atoms with Crippen LogP contribution < -0.4 is 4.90 Å². The molecule has 0 spiro atoms. The van der Waals surface area contributed by atoms with Crippen molar-refractivity contribution in [2.45, 2.75) is 0 Å². The molecule has 98 valence electrons. The second-order valence-corrected chi connectivity index (χ2v) is 5.39. The number of phenolic OH excluding ortho intramolecular Hbond substituents is 1. The number of hydrogen-bond donors (Lipinski definition) is 1. The molecule has 0 saturated carbocycles. The first kappa shape index (κ1) is 13.9. The van der Waals surface area contributed by atoms with Gasteiger partial charge in [0.2, 0.25) is 0 Å². The molecule has 19 heavy (non-hydrogen) atoms. The first-order valence-corrected chi connectivity index (χ1v) is 6.67. The molecule has 0 fully saturated rings. The summed E-state index contributed by atoms with van der Waals surface area (Å²) in [5.74, 6) is -0.0102. The molecule has 0 aliphatic carbocycles. The van der Waals surface area contributed by atoms with Crippen molar-refractivity contribution in [2.24, 2.45) is 0 Å². The Morgan fingerprint density at radius 3 is 2.42 bits per heavy atom. The molecule has 0 atom stereocenters. The minimum absolute atomic E-state index is 0.162. The standard InChI is InChI=1S/C14H11BrClNO2/c1-17(12-2-4-13(18)5-3-12)14(19)9-6-10(15)8-11(16)7-9/h2-8,18H,1H3. The van der Waals surface area contributed by atoms with Gasteiger partial charge >= 0.3 is 0 Å². The van der Waals surface area contributed by atoms with Gasteiger partial charge in [0, 0.05) is 27.8 Å². The van der Waals surface area contributed by atoms with Crippen molar-refractivity contribution in [3.63, 3.8) is 0 Å². The molecule has 0 aliphatic heterocycles. The number of nitrogens with zero attached hydrogens (tertiary/aromatic N) is 1. The Kier molecular flexibility index (Phi) is 4.12. The number of hydrogen-bond acceptors (Lipinski definition) is 2. The Balaban J connectivity index is 2.30. The summed E-state index contributed by atoms with van der Waals surface area (Å²) >= 11 is 9.24. The molecule has 2 aromatic rings. The van der Waals surface area contributed by atoms with Crippen LogP contribution in [0.1, 0.15) is 10.4 Å². The van der Waals surface area contributed by atoms with Crippen molar-refractivity contribution < 1.29 is 9.90 Å². The molecule has 1 amide bonds. The van der Waals surface area contributed by atoms with Crippen LogP contribution in [-0.4, -0.2) is 18.1 Å². The summed E-state index contributed by atoms with van der Waals surface area (Å²) in [5, 5.41) is 9.74. The fourth-order valence-electron chi connectivity index (χ4n) is 1.66. The Hall–Kier alpha value is -1.52. The van der Waals surface area contributed by atoms with Crippen molar-refractivity contribution in [3.8, 4) is 5.75 Å².